The standard InChI is InChI=1S/C13H19NO4/c1-16-7-3-4-8-18-13(15)11-9-10(17-2)5-6-12(11)14/h5-6,9H,3-4,7-8,14H2,1-2H3. The van der Waals surface area contributed by atoms with Gasteiger partial charge in [0, 0.05) is 19.4 Å². The number of hydrogen-bond donors (Lipinski definition) is 1. The molecule has 0 aliphatic carbocycles. The van der Waals surface area contributed by atoms with Gasteiger partial charge in [-0.05, 0) is 31.0 Å². The minimum atomic E-state index is -0.427. The Hall–Kier alpha value is -1.75. The van der Waals surface area contributed by atoms with E-state index in [1.54, 1.807) is 25.3 Å². The number of nitrogen functional groups attached to an aromatic ring is 1. The monoisotopic (exact) mass is 253 g/mol. The molecule has 1 aromatic carbocycles. The van der Waals surface area contributed by atoms with Crippen molar-refractivity contribution in [3.8, 4) is 5.75 Å². The van der Waals surface area contributed by atoms with Gasteiger partial charge < -0.3 is 19.9 Å². The van der Waals surface area contributed by atoms with E-state index in [2.05, 4.69) is 0 Å². The zero-order valence-corrected chi connectivity index (χ0v) is 10.8. The maximum absolute atomic E-state index is 11.8. The number of benzene rings is 1. The number of esters is 1. The van der Waals surface area contributed by atoms with Crippen LogP contribution in [-0.2, 0) is 9.47 Å². The van der Waals surface area contributed by atoms with Crippen molar-refractivity contribution in [1.29, 1.82) is 0 Å². The largest absolute Gasteiger partial charge is 0.497 e. The molecule has 100 valence electrons. The van der Waals surface area contributed by atoms with Crippen LogP contribution < -0.4 is 10.5 Å². The fourth-order valence-corrected chi connectivity index (χ4v) is 1.43. The van der Waals surface area contributed by atoms with Gasteiger partial charge >= 0.3 is 5.97 Å². The van der Waals surface area contributed by atoms with Crippen LogP contribution in [-0.4, -0.2) is 33.4 Å². The molecule has 0 heterocycles. The van der Waals surface area contributed by atoms with E-state index in [1.165, 1.54) is 7.11 Å². The van der Waals surface area contributed by atoms with Crippen molar-refractivity contribution in [3.05, 3.63) is 23.8 Å². The summed E-state index contributed by atoms with van der Waals surface area (Å²) in [6.45, 7) is 1.03. The first kappa shape index (κ1) is 14.3. The van der Waals surface area contributed by atoms with Crippen LogP contribution in [0.3, 0.4) is 0 Å². The van der Waals surface area contributed by atoms with Gasteiger partial charge in [-0.25, -0.2) is 4.79 Å². The fourth-order valence-electron chi connectivity index (χ4n) is 1.43. The maximum Gasteiger partial charge on any atom is 0.340 e. The summed E-state index contributed by atoms with van der Waals surface area (Å²) in [6, 6.07) is 4.90. The predicted octanol–water partition coefficient (Wildman–Crippen LogP) is 1.86. The minimum Gasteiger partial charge on any atom is -0.497 e. The summed E-state index contributed by atoms with van der Waals surface area (Å²) < 4.78 is 15.1. The number of carbonyl (C=O) groups excluding carboxylic acids is 1. The predicted molar refractivity (Wildman–Crippen MR) is 68.8 cm³/mol. The second kappa shape index (κ2) is 7.55. The number of unbranched alkanes of at least 4 members (excludes halogenated alkanes) is 1. The van der Waals surface area contributed by atoms with Gasteiger partial charge in [0.05, 0.1) is 19.3 Å². The Morgan fingerprint density at radius 3 is 2.61 bits per heavy atom. The van der Waals surface area contributed by atoms with Gasteiger partial charge in [-0.2, -0.15) is 0 Å². The smallest absolute Gasteiger partial charge is 0.340 e. The van der Waals surface area contributed by atoms with E-state index >= 15 is 0 Å². The third-order valence-corrected chi connectivity index (χ3v) is 2.46. The molecule has 5 nitrogen and oxygen atoms in total. The third kappa shape index (κ3) is 4.25. The van der Waals surface area contributed by atoms with E-state index in [1.807, 2.05) is 0 Å². The van der Waals surface area contributed by atoms with E-state index in [0.717, 1.165) is 12.8 Å². The Labute approximate surface area is 107 Å². The molecule has 0 aliphatic rings. The maximum atomic E-state index is 11.8. The number of hydrogen-bond acceptors (Lipinski definition) is 5. The molecule has 18 heavy (non-hydrogen) atoms. The highest BCUT2D eigenvalue weighted by Crippen LogP contribution is 2.20. The SMILES string of the molecule is COCCCCOC(=O)c1cc(OC)ccc1N. The normalized spacial score (nSPS) is 10.1. The molecule has 0 aliphatic heterocycles. The summed E-state index contributed by atoms with van der Waals surface area (Å²) in [6.07, 6.45) is 1.63. The van der Waals surface area contributed by atoms with Gasteiger partial charge in [-0.15, -0.1) is 0 Å². The van der Waals surface area contributed by atoms with Gasteiger partial charge in [0.25, 0.3) is 0 Å². The molecule has 0 atom stereocenters. The quantitative estimate of drug-likeness (QED) is 0.456. The second-order valence-corrected chi connectivity index (χ2v) is 3.79. The number of methoxy groups -OCH3 is 2. The Bertz CT molecular complexity index is 393. The molecule has 0 fully saturated rings. The van der Waals surface area contributed by atoms with Crippen LogP contribution >= 0.6 is 0 Å². The molecular formula is C13H19NO4. The highest BCUT2D eigenvalue weighted by molar-refractivity contribution is 5.95. The topological polar surface area (TPSA) is 70.8 Å². The lowest BCUT2D eigenvalue weighted by Gasteiger charge is -2.08. The summed E-state index contributed by atoms with van der Waals surface area (Å²) in [5, 5.41) is 0. The van der Waals surface area contributed by atoms with Crippen molar-refractivity contribution in [1.82, 2.24) is 0 Å². The number of ether oxygens (including phenoxy) is 3. The van der Waals surface area contributed by atoms with Crippen molar-refractivity contribution in [3.63, 3.8) is 0 Å². The van der Waals surface area contributed by atoms with Crippen LogP contribution in [0.4, 0.5) is 5.69 Å². The molecule has 1 rings (SSSR count). The summed E-state index contributed by atoms with van der Waals surface area (Å²) in [4.78, 5) is 11.8. The number of anilines is 1. The van der Waals surface area contributed by atoms with E-state index in [4.69, 9.17) is 19.9 Å². The third-order valence-electron chi connectivity index (χ3n) is 2.46. The molecule has 0 spiro atoms. The molecule has 0 saturated carbocycles. The molecular weight excluding hydrogens is 234 g/mol. The second-order valence-electron chi connectivity index (χ2n) is 3.79. The van der Waals surface area contributed by atoms with Crippen LogP contribution in [0.15, 0.2) is 18.2 Å². The summed E-state index contributed by atoms with van der Waals surface area (Å²) in [5.74, 6) is 0.152. The van der Waals surface area contributed by atoms with E-state index in [9.17, 15) is 4.79 Å². The molecule has 5 heteroatoms. The molecule has 2 N–H and O–H groups in total. The minimum absolute atomic E-state index is 0.334. The fraction of sp³-hybridized carbons (Fsp3) is 0.462. The van der Waals surface area contributed by atoms with Crippen molar-refractivity contribution >= 4 is 11.7 Å². The van der Waals surface area contributed by atoms with Gasteiger partial charge in [0.15, 0.2) is 0 Å². The Morgan fingerprint density at radius 1 is 1.22 bits per heavy atom. The zero-order valence-electron chi connectivity index (χ0n) is 10.8. The van der Waals surface area contributed by atoms with Crippen molar-refractivity contribution < 1.29 is 19.0 Å². The first-order valence-electron chi connectivity index (χ1n) is 5.78. The lowest BCUT2D eigenvalue weighted by molar-refractivity contribution is 0.0490. The van der Waals surface area contributed by atoms with Crippen LogP contribution in [0.2, 0.25) is 0 Å². The molecule has 1 aromatic rings. The number of rotatable bonds is 7. The number of nitrogens with two attached hydrogens (primary N) is 1. The average Bonchev–Trinajstić information content (AvgIpc) is 2.39. The molecule has 0 radical (unpaired) electrons. The first-order chi connectivity index (χ1) is 8.69. The molecule has 0 unspecified atom stereocenters. The lowest BCUT2D eigenvalue weighted by Crippen LogP contribution is -2.10. The molecule has 0 saturated heterocycles. The van der Waals surface area contributed by atoms with Crippen LogP contribution in [0, 0.1) is 0 Å². The van der Waals surface area contributed by atoms with Gasteiger partial charge in [0.1, 0.15) is 5.75 Å². The Morgan fingerprint density at radius 2 is 1.94 bits per heavy atom. The Balaban J connectivity index is 2.50. The summed E-state index contributed by atoms with van der Waals surface area (Å²) >= 11 is 0. The first-order valence-corrected chi connectivity index (χ1v) is 5.78. The summed E-state index contributed by atoms with van der Waals surface area (Å²) in [7, 11) is 3.17. The van der Waals surface area contributed by atoms with Crippen molar-refractivity contribution in [2.24, 2.45) is 0 Å². The summed E-state index contributed by atoms with van der Waals surface area (Å²) in [5.41, 5.74) is 6.44. The van der Waals surface area contributed by atoms with Crippen LogP contribution in [0.25, 0.3) is 0 Å². The lowest BCUT2D eigenvalue weighted by atomic mass is 10.2. The Kier molecular flexibility index (Phi) is 6.00. The van der Waals surface area contributed by atoms with Crippen LogP contribution in [0.1, 0.15) is 23.2 Å². The molecule has 0 bridgehead atoms. The van der Waals surface area contributed by atoms with Gasteiger partial charge in [-0.1, -0.05) is 0 Å². The van der Waals surface area contributed by atoms with Crippen molar-refractivity contribution in [2.45, 2.75) is 12.8 Å². The average molecular weight is 253 g/mol. The molecule has 0 aromatic heterocycles. The van der Waals surface area contributed by atoms with E-state index in [0.29, 0.717) is 30.2 Å². The van der Waals surface area contributed by atoms with Crippen LogP contribution in [0.5, 0.6) is 5.75 Å². The van der Waals surface area contributed by atoms with Crippen molar-refractivity contribution in [2.75, 3.05) is 33.2 Å². The highest BCUT2D eigenvalue weighted by atomic mass is 16.5. The molecule has 0 amide bonds. The van der Waals surface area contributed by atoms with Gasteiger partial charge in [0.2, 0.25) is 0 Å². The highest BCUT2D eigenvalue weighted by Gasteiger charge is 2.12. The number of carbonyl (C=O) groups is 1. The van der Waals surface area contributed by atoms with Gasteiger partial charge in [-0.3, -0.25) is 0 Å². The zero-order chi connectivity index (χ0) is 13.4. The van der Waals surface area contributed by atoms with E-state index < -0.39 is 5.97 Å². The van der Waals surface area contributed by atoms with E-state index in [-0.39, 0.29) is 0 Å².